The lowest BCUT2D eigenvalue weighted by atomic mass is 10.1. The zero-order valence-corrected chi connectivity index (χ0v) is 18.0. The van der Waals surface area contributed by atoms with Gasteiger partial charge in [-0.25, -0.2) is 9.78 Å². The van der Waals surface area contributed by atoms with E-state index in [2.05, 4.69) is 10.3 Å². The molecule has 0 aliphatic rings. The minimum Gasteiger partial charge on any atom is -0.496 e. The van der Waals surface area contributed by atoms with Crippen LogP contribution >= 0.6 is 11.3 Å². The Bertz CT molecular complexity index is 1080. The number of fused-ring (bicyclic) bond motifs is 1. The number of benzene rings is 1. The summed E-state index contributed by atoms with van der Waals surface area (Å²) < 4.78 is 17.4. The highest BCUT2D eigenvalue weighted by molar-refractivity contribution is 7.16. The molecule has 0 bridgehead atoms. The van der Waals surface area contributed by atoms with Crippen LogP contribution in [0.4, 0.5) is 5.13 Å². The lowest BCUT2D eigenvalue weighted by Gasteiger charge is -2.08. The van der Waals surface area contributed by atoms with E-state index in [9.17, 15) is 9.59 Å². The first-order valence-corrected chi connectivity index (χ1v) is 9.74. The number of anilines is 1. The summed E-state index contributed by atoms with van der Waals surface area (Å²) in [4.78, 5) is 30.0. The summed E-state index contributed by atoms with van der Waals surface area (Å²) in [6, 6.07) is 5.33. The minimum atomic E-state index is -0.524. The lowest BCUT2D eigenvalue weighted by molar-refractivity contribution is 0.0593. The van der Waals surface area contributed by atoms with E-state index < -0.39 is 5.97 Å². The zero-order valence-electron chi connectivity index (χ0n) is 17.2. The molecule has 154 valence electrons. The Kier molecular flexibility index (Phi) is 5.78. The first-order valence-electron chi connectivity index (χ1n) is 8.93. The van der Waals surface area contributed by atoms with E-state index in [1.165, 1.54) is 18.4 Å². The Balaban J connectivity index is 2.01. The van der Waals surface area contributed by atoms with Gasteiger partial charge in [0.1, 0.15) is 17.2 Å². The van der Waals surface area contributed by atoms with Crippen LogP contribution < -0.4 is 14.8 Å². The molecule has 2 aromatic heterocycles. The van der Waals surface area contributed by atoms with Crippen LogP contribution in [0.2, 0.25) is 0 Å². The molecule has 0 radical (unpaired) electrons. The van der Waals surface area contributed by atoms with E-state index in [0.29, 0.717) is 22.3 Å². The molecule has 0 aliphatic heterocycles. The van der Waals surface area contributed by atoms with E-state index in [4.69, 9.17) is 14.2 Å². The number of ether oxygens (including phenoxy) is 3. The summed E-state index contributed by atoms with van der Waals surface area (Å²) in [5.41, 5.74) is 1.38. The molecule has 3 rings (SSSR count). The molecule has 0 fully saturated rings. The SMILES string of the molecule is COC(=O)c1nc(NC(=O)c2cc3c(OC)ccc(OC)c3n2C)sc1C(C)C. The van der Waals surface area contributed by atoms with Gasteiger partial charge in [0, 0.05) is 17.3 Å². The third kappa shape index (κ3) is 3.65. The smallest absolute Gasteiger partial charge is 0.357 e. The van der Waals surface area contributed by atoms with Crippen molar-refractivity contribution < 1.29 is 23.8 Å². The molecule has 0 aliphatic carbocycles. The van der Waals surface area contributed by atoms with Crippen LogP contribution in [0, 0.1) is 0 Å². The maximum atomic E-state index is 13.0. The van der Waals surface area contributed by atoms with Gasteiger partial charge in [-0.15, -0.1) is 11.3 Å². The number of aromatic nitrogens is 2. The highest BCUT2D eigenvalue weighted by atomic mass is 32.1. The molecule has 1 amide bonds. The molecule has 0 unspecified atom stereocenters. The molecule has 29 heavy (non-hydrogen) atoms. The van der Waals surface area contributed by atoms with Gasteiger partial charge in [-0.2, -0.15) is 0 Å². The van der Waals surface area contributed by atoms with Crippen molar-refractivity contribution in [2.45, 2.75) is 19.8 Å². The van der Waals surface area contributed by atoms with Crippen LogP contribution in [-0.4, -0.2) is 42.8 Å². The molecule has 8 nitrogen and oxygen atoms in total. The lowest BCUT2D eigenvalue weighted by Crippen LogP contribution is -2.15. The second-order valence-electron chi connectivity index (χ2n) is 6.65. The highest BCUT2D eigenvalue weighted by Crippen LogP contribution is 2.36. The zero-order chi connectivity index (χ0) is 21.3. The summed E-state index contributed by atoms with van der Waals surface area (Å²) in [5, 5.41) is 3.89. The van der Waals surface area contributed by atoms with E-state index >= 15 is 0 Å². The number of methoxy groups -OCH3 is 3. The summed E-state index contributed by atoms with van der Waals surface area (Å²) >= 11 is 1.26. The predicted octanol–water partition coefficient (Wildman–Crippen LogP) is 3.81. The van der Waals surface area contributed by atoms with Crippen molar-refractivity contribution in [2.24, 2.45) is 7.05 Å². The molecule has 0 atom stereocenters. The van der Waals surface area contributed by atoms with Gasteiger partial charge in [-0.1, -0.05) is 13.8 Å². The van der Waals surface area contributed by atoms with Crippen LogP contribution in [-0.2, 0) is 11.8 Å². The summed E-state index contributed by atoms with van der Waals surface area (Å²) in [5.74, 6) is 0.461. The Morgan fingerprint density at radius 2 is 1.79 bits per heavy atom. The number of hydrogen-bond donors (Lipinski definition) is 1. The van der Waals surface area contributed by atoms with Gasteiger partial charge >= 0.3 is 5.97 Å². The average molecular weight is 417 g/mol. The van der Waals surface area contributed by atoms with Crippen LogP contribution in [0.3, 0.4) is 0 Å². The maximum Gasteiger partial charge on any atom is 0.357 e. The minimum absolute atomic E-state index is 0.0680. The number of aryl methyl sites for hydroxylation is 1. The number of nitrogens with zero attached hydrogens (tertiary/aromatic N) is 2. The van der Waals surface area contributed by atoms with Crippen LogP contribution in [0.25, 0.3) is 10.9 Å². The first-order chi connectivity index (χ1) is 13.8. The molecule has 2 heterocycles. The number of carbonyl (C=O) groups is 2. The third-order valence-electron chi connectivity index (χ3n) is 4.57. The molecule has 1 N–H and O–H groups in total. The summed E-state index contributed by atoms with van der Waals surface area (Å²) in [6.45, 7) is 3.90. The standard InChI is InChI=1S/C20H23N3O5S/c1-10(2)17-15(19(25)28-6)21-20(29-17)22-18(24)12-9-11-13(26-4)7-8-14(27-5)16(11)23(12)3/h7-10H,1-6H3,(H,21,22,24). The van der Waals surface area contributed by atoms with Crippen molar-refractivity contribution in [1.82, 2.24) is 9.55 Å². The molecule has 9 heteroatoms. The third-order valence-corrected chi connectivity index (χ3v) is 5.84. The van der Waals surface area contributed by atoms with Gasteiger partial charge in [0.15, 0.2) is 10.8 Å². The maximum absolute atomic E-state index is 13.0. The van der Waals surface area contributed by atoms with Gasteiger partial charge in [-0.3, -0.25) is 10.1 Å². The molecule has 1 aromatic carbocycles. The van der Waals surface area contributed by atoms with Crippen molar-refractivity contribution >= 4 is 39.2 Å². The monoisotopic (exact) mass is 417 g/mol. The van der Waals surface area contributed by atoms with Gasteiger partial charge in [0.25, 0.3) is 5.91 Å². The Morgan fingerprint density at radius 3 is 2.38 bits per heavy atom. The van der Waals surface area contributed by atoms with E-state index in [1.807, 2.05) is 13.8 Å². The quantitative estimate of drug-likeness (QED) is 0.613. The number of thiazole rings is 1. The van der Waals surface area contributed by atoms with Gasteiger partial charge < -0.3 is 18.8 Å². The van der Waals surface area contributed by atoms with Crippen LogP contribution in [0.5, 0.6) is 11.5 Å². The topological polar surface area (TPSA) is 91.7 Å². The van der Waals surface area contributed by atoms with Crippen molar-refractivity contribution in [2.75, 3.05) is 26.6 Å². The molecule has 3 aromatic rings. The predicted molar refractivity (Wildman–Crippen MR) is 112 cm³/mol. The van der Waals surface area contributed by atoms with Crippen molar-refractivity contribution in [3.63, 3.8) is 0 Å². The Morgan fingerprint density at radius 1 is 1.14 bits per heavy atom. The second-order valence-corrected chi connectivity index (χ2v) is 7.68. The molecule has 0 saturated carbocycles. The first kappa shape index (κ1) is 20.7. The number of rotatable bonds is 6. The summed E-state index contributed by atoms with van der Waals surface area (Å²) in [7, 11) is 6.23. The van der Waals surface area contributed by atoms with Gasteiger partial charge in [-0.05, 0) is 24.1 Å². The van der Waals surface area contributed by atoms with Crippen molar-refractivity contribution in [3.8, 4) is 11.5 Å². The fourth-order valence-corrected chi connectivity index (χ4v) is 4.10. The molecular formula is C20H23N3O5S. The van der Waals surface area contributed by atoms with Crippen molar-refractivity contribution in [1.29, 1.82) is 0 Å². The van der Waals surface area contributed by atoms with Crippen LogP contribution in [0.15, 0.2) is 18.2 Å². The van der Waals surface area contributed by atoms with Gasteiger partial charge in [0.2, 0.25) is 0 Å². The molecule has 0 spiro atoms. The normalized spacial score (nSPS) is 11.0. The number of hydrogen-bond acceptors (Lipinski definition) is 7. The van der Waals surface area contributed by atoms with E-state index in [1.54, 1.807) is 44.0 Å². The largest absolute Gasteiger partial charge is 0.496 e. The van der Waals surface area contributed by atoms with Crippen molar-refractivity contribution in [3.05, 3.63) is 34.5 Å². The Hall–Kier alpha value is -3.07. The fraction of sp³-hybridized carbons (Fsp3) is 0.350. The Labute approximate surface area is 172 Å². The summed E-state index contributed by atoms with van der Waals surface area (Å²) in [6.07, 6.45) is 0. The number of amides is 1. The fourth-order valence-electron chi connectivity index (χ4n) is 3.15. The number of nitrogens with one attached hydrogen (secondary N) is 1. The second kappa shape index (κ2) is 8.12. The molecule has 0 saturated heterocycles. The molecular weight excluding hydrogens is 394 g/mol. The van der Waals surface area contributed by atoms with E-state index in [0.717, 1.165) is 15.8 Å². The van der Waals surface area contributed by atoms with Gasteiger partial charge in [0.05, 0.1) is 26.8 Å². The van der Waals surface area contributed by atoms with Crippen LogP contribution in [0.1, 0.15) is 45.6 Å². The number of carbonyl (C=O) groups excluding carboxylic acids is 2. The highest BCUT2D eigenvalue weighted by Gasteiger charge is 2.24. The average Bonchev–Trinajstić information content (AvgIpc) is 3.28. The number of esters is 1. The van der Waals surface area contributed by atoms with E-state index in [-0.39, 0.29) is 17.5 Å².